The average molecular weight is 552 g/mol. The molecule has 0 bridgehead atoms. The third-order valence-electron chi connectivity index (χ3n) is 4.36. The van der Waals surface area contributed by atoms with Gasteiger partial charge >= 0.3 is 0 Å². The van der Waals surface area contributed by atoms with E-state index < -0.39 is 0 Å². The van der Waals surface area contributed by atoms with E-state index in [-0.39, 0.29) is 23.8 Å². The first-order chi connectivity index (χ1) is 16.1. The highest BCUT2D eigenvalue weighted by Crippen LogP contribution is 2.30. The maximum absolute atomic E-state index is 6.16. The number of aryl methyl sites for hydroxylation is 2. The van der Waals surface area contributed by atoms with E-state index in [2.05, 4.69) is 53.5 Å². The molecule has 12 heteroatoms. The van der Waals surface area contributed by atoms with Gasteiger partial charge in [-0.1, -0.05) is 59.6 Å². The minimum Gasteiger partial charge on any atom is -0.369 e. The van der Waals surface area contributed by atoms with Gasteiger partial charge < -0.3 is 33.6 Å². The van der Waals surface area contributed by atoms with Crippen LogP contribution in [-0.2, 0) is 12.8 Å². The second kappa shape index (κ2) is 14.8. The lowest BCUT2D eigenvalue weighted by Crippen LogP contribution is -2.26. The van der Waals surface area contributed by atoms with E-state index in [0.717, 1.165) is 34.3 Å². The number of halogens is 2. The predicted molar refractivity (Wildman–Crippen MR) is 150 cm³/mol. The number of rotatable bonds is 4. The van der Waals surface area contributed by atoms with Crippen LogP contribution in [0.5, 0.6) is 0 Å². The van der Waals surface area contributed by atoms with Gasteiger partial charge in [0.2, 0.25) is 23.8 Å². The SMILES string of the molecule is CCc1cc(Br)cc(Cl)c1NC(N)=NC(N)=NC.CCc1ccccc1NC(N)=NC(N)=NC. The second-order valence-corrected chi connectivity index (χ2v) is 8.02. The molecule has 0 aromatic heterocycles. The standard InChI is InChI=1S/C11H15BrClN5.C11H17N5/c1-3-6-4-7(12)5-8(13)9(6)17-11(15)18-10(14)16-2;1-3-8-6-4-5-7-9(8)15-11(13)16-10(12)14-2/h4-5H,3H2,1-2H3,(H5,14,15,16,17,18);4-7H,3H2,1-2H3,(H5,12,13,14,15,16). The molecule has 0 radical (unpaired) electrons. The predicted octanol–water partition coefficient (Wildman–Crippen LogP) is 3.26. The van der Waals surface area contributed by atoms with E-state index in [4.69, 9.17) is 34.5 Å². The van der Waals surface area contributed by atoms with Crippen LogP contribution in [0, 0.1) is 0 Å². The molecule has 0 heterocycles. The molecule has 0 unspecified atom stereocenters. The van der Waals surface area contributed by atoms with Crippen molar-refractivity contribution in [1.29, 1.82) is 0 Å². The van der Waals surface area contributed by atoms with Crippen LogP contribution in [0.3, 0.4) is 0 Å². The summed E-state index contributed by atoms with van der Waals surface area (Å²) in [7, 11) is 3.10. The molecule has 0 amide bonds. The molecule has 184 valence electrons. The molecule has 10 N–H and O–H groups in total. The molecule has 2 aromatic rings. The largest absolute Gasteiger partial charge is 0.369 e. The van der Waals surface area contributed by atoms with Gasteiger partial charge in [-0.05, 0) is 42.2 Å². The van der Waals surface area contributed by atoms with Crippen LogP contribution in [0.25, 0.3) is 0 Å². The highest BCUT2D eigenvalue weighted by molar-refractivity contribution is 9.10. The quantitative estimate of drug-likeness (QED) is 0.251. The normalized spacial score (nSPS) is 12.6. The van der Waals surface area contributed by atoms with Crippen molar-refractivity contribution in [2.24, 2.45) is 42.9 Å². The minimum absolute atomic E-state index is 0.103. The third kappa shape index (κ3) is 9.67. The number of hydrogen-bond donors (Lipinski definition) is 6. The lowest BCUT2D eigenvalue weighted by Gasteiger charge is -2.12. The van der Waals surface area contributed by atoms with E-state index in [1.807, 2.05) is 37.3 Å². The lowest BCUT2D eigenvalue weighted by molar-refractivity contribution is 1.14. The Morgan fingerprint density at radius 2 is 1.38 bits per heavy atom. The smallest absolute Gasteiger partial charge is 0.218 e. The Morgan fingerprint density at radius 1 is 0.853 bits per heavy atom. The Hall–Kier alpha value is -3.31. The summed E-state index contributed by atoms with van der Waals surface area (Å²) in [5.41, 5.74) is 26.2. The van der Waals surface area contributed by atoms with Crippen LogP contribution in [0.2, 0.25) is 5.02 Å². The fourth-order valence-corrected chi connectivity index (χ4v) is 3.59. The second-order valence-electron chi connectivity index (χ2n) is 6.69. The first kappa shape index (κ1) is 28.7. The fourth-order valence-electron chi connectivity index (χ4n) is 2.67. The molecule has 0 saturated heterocycles. The summed E-state index contributed by atoms with van der Waals surface area (Å²) in [6.07, 6.45) is 1.74. The summed E-state index contributed by atoms with van der Waals surface area (Å²) in [6, 6.07) is 11.7. The Balaban J connectivity index is 0.000000342. The topological polar surface area (TPSA) is 178 Å². The summed E-state index contributed by atoms with van der Waals surface area (Å²) in [4.78, 5) is 15.1. The number of benzene rings is 2. The molecule has 0 saturated carbocycles. The first-order valence-electron chi connectivity index (χ1n) is 10.4. The number of anilines is 2. The molecule has 2 rings (SSSR count). The van der Waals surface area contributed by atoms with Crippen molar-refractivity contribution in [1.82, 2.24) is 0 Å². The lowest BCUT2D eigenvalue weighted by atomic mass is 10.1. The van der Waals surface area contributed by atoms with Crippen LogP contribution in [-0.4, -0.2) is 37.9 Å². The molecule has 0 aliphatic carbocycles. The molecular formula is C22H32BrClN10. The molecule has 2 aromatic carbocycles. The summed E-state index contributed by atoms with van der Waals surface area (Å²) < 4.78 is 0.917. The van der Waals surface area contributed by atoms with Crippen molar-refractivity contribution in [2.75, 3.05) is 24.7 Å². The zero-order chi connectivity index (χ0) is 25.7. The van der Waals surface area contributed by atoms with Crippen LogP contribution < -0.4 is 33.6 Å². The zero-order valence-electron chi connectivity index (χ0n) is 19.7. The number of para-hydroxylation sites is 1. The maximum Gasteiger partial charge on any atom is 0.218 e. The van der Waals surface area contributed by atoms with Gasteiger partial charge in [0.25, 0.3) is 0 Å². The summed E-state index contributed by atoms with van der Waals surface area (Å²) >= 11 is 9.56. The number of nitrogens with one attached hydrogen (secondary N) is 2. The molecule has 0 atom stereocenters. The molecule has 0 fully saturated rings. The van der Waals surface area contributed by atoms with E-state index in [1.165, 1.54) is 12.6 Å². The number of nitrogens with zero attached hydrogens (tertiary/aromatic N) is 4. The maximum atomic E-state index is 6.16. The van der Waals surface area contributed by atoms with Gasteiger partial charge in [-0.3, -0.25) is 9.98 Å². The summed E-state index contributed by atoms with van der Waals surface area (Å²) in [6.45, 7) is 4.11. The molecule has 0 aliphatic rings. The van der Waals surface area contributed by atoms with Gasteiger partial charge in [0.15, 0.2) is 0 Å². The van der Waals surface area contributed by atoms with Crippen molar-refractivity contribution in [3.8, 4) is 0 Å². The molecule has 0 spiro atoms. The van der Waals surface area contributed by atoms with Gasteiger partial charge in [0.05, 0.1) is 10.7 Å². The van der Waals surface area contributed by atoms with Crippen LogP contribution in [0.4, 0.5) is 11.4 Å². The molecule has 34 heavy (non-hydrogen) atoms. The molecular weight excluding hydrogens is 520 g/mol. The number of guanidine groups is 4. The van der Waals surface area contributed by atoms with Crippen LogP contribution in [0.15, 0.2) is 60.8 Å². The Bertz CT molecular complexity index is 1080. The highest BCUT2D eigenvalue weighted by Gasteiger charge is 2.09. The van der Waals surface area contributed by atoms with Crippen molar-refractivity contribution in [2.45, 2.75) is 26.7 Å². The van der Waals surface area contributed by atoms with Crippen LogP contribution >= 0.6 is 27.5 Å². The molecule has 0 aliphatic heterocycles. The van der Waals surface area contributed by atoms with Crippen molar-refractivity contribution in [3.05, 3.63) is 57.0 Å². The number of nitrogens with two attached hydrogens (primary N) is 4. The Labute approximate surface area is 213 Å². The first-order valence-corrected chi connectivity index (χ1v) is 11.5. The summed E-state index contributed by atoms with van der Waals surface area (Å²) in [5.74, 6) is 0.645. The van der Waals surface area contributed by atoms with Gasteiger partial charge in [0, 0.05) is 24.3 Å². The zero-order valence-corrected chi connectivity index (χ0v) is 22.1. The van der Waals surface area contributed by atoms with Gasteiger partial charge in [-0.15, -0.1) is 0 Å². The average Bonchev–Trinajstić information content (AvgIpc) is 2.81. The Morgan fingerprint density at radius 3 is 1.91 bits per heavy atom. The number of aliphatic imine (C=N–C) groups is 4. The van der Waals surface area contributed by atoms with Gasteiger partial charge in [0.1, 0.15) is 0 Å². The van der Waals surface area contributed by atoms with Crippen molar-refractivity contribution < 1.29 is 0 Å². The van der Waals surface area contributed by atoms with Crippen molar-refractivity contribution >= 4 is 62.7 Å². The minimum atomic E-state index is 0.103. The molecule has 10 nitrogen and oxygen atoms in total. The fraction of sp³-hybridized carbons (Fsp3) is 0.273. The van der Waals surface area contributed by atoms with Crippen molar-refractivity contribution in [3.63, 3.8) is 0 Å². The van der Waals surface area contributed by atoms with E-state index in [9.17, 15) is 0 Å². The number of hydrogen-bond acceptors (Lipinski definition) is 2. The van der Waals surface area contributed by atoms with Gasteiger partial charge in [-0.2, -0.15) is 9.98 Å². The van der Waals surface area contributed by atoms with E-state index in [1.54, 1.807) is 13.1 Å². The monoisotopic (exact) mass is 550 g/mol. The summed E-state index contributed by atoms with van der Waals surface area (Å²) in [5, 5.41) is 6.49. The van der Waals surface area contributed by atoms with E-state index >= 15 is 0 Å². The third-order valence-corrected chi connectivity index (χ3v) is 5.12. The highest BCUT2D eigenvalue weighted by atomic mass is 79.9. The van der Waals surface area contributed by atoms with Crippen LogP contribution in [0.1, 0.15) is 25.0 Å². The van der Waals surface area contributed by atoms with E-state index in [0.29, 0.717) is 5.02 Å². The van der Waals surface area contributed by atoms with Gasteiger partial charge in [-0.25, -0.2) is 0 Å². The Kier molecular flexibility index (Phi) is 12.5.